The van der Waals surface area contributed by atoms with Crippen molar-refractivity contribution in [2.24, 2.45) is 0 Å². The van der Waals surface area contributed by atoms with E-state index < -0.39 is 0 Å². The molecule has 0 amide bonds. The second kappa shape index (κ2) is 7.72. The van der Waals surface area contributed by atoms with Crippen LogP contribution < -0.4 is 10.1 Å². The third-order valence-electron chi connectivity index (χ3n) is 5.01. The summed E-state index contributed by atoms with van der Waals surface area (Å²) < 4.78 is 7.68. The van der Waals surface area contributed by atoms with Gasteiger partial charge in [0.15, 0.2) is 5.65 Å². The first-order valence-electron chi connectivity index (χ1n) is 9.54. The summed E-state index contributed by atoms with van der Waals surface area (Å²) in [6, 6.07) is 18.6. The van der Waals surface area contributed by atoms with E-state index in [1.165, 1.54) is 0 Å². The maximum Gasteiger partial charge on any atom is 0.150 e. The summed E-state index contributed by atoms with van der Waals surface area (Å²) in [5.41, 5.74) is 4.02. The molecule has 0 bridgehead atoms. The van der Waals surface area contributed by atoms with E-state index in [1.54, 1.807) is 13.4 Å². The van der Waals surface area contributed by atoms with Crippen LogP contribution in [0.15, 0.2) is 67.1 Å². The van der Waals surface area contributed by atoms with E-state index in [4.69, 9.17) is 4.74 Å². The van der Waals surface area contributed by atoms with E-state index in [1.807, 2.05) is 42.5 Å². The largest absolute Gasteiger partial charge is 0.495 e. The molecule has 1 N–H and O–H groups in total. The molecule has 0 saturated heterocycles. The van der Waals surface area contributed by atoms with Gasteiger partial charge in [0.2, 0.25) is 0 Å². The fourth-order valence-electron chi connectivity index (χ4n) is 3.36. The highest BCUT2D eigenvalue weighted by molar-refractivity contribution is 6.02. The monoisotopic (exact) mass is 372 g/mol. The van der Waals surface area contributed by atoms with Crippen LogP contribution in [0, 0.1) is 0 Å². The molecule has 4 aromatic rings. The van der Waals surface area contributed by atoms with Crippen LogP contribution in [0.4, 0.5) is 5.82 Å². The van der Waals surface area contributed by atoms with Crippen molar-refractivity contribution < 1.29 is 4.74 Å². The lowest BCUT2D eigenvalue weighted by atomic mass is 10.1. The predicted molar refractivity (Wildman–Crippen MR) is 114 cm³/mol. The molecule has 0 spiro atoms. The van der Waals surface area contributed by atoms with Crippen LogP contribution in [0.3, 0.4) is 0 Å². The van der Waals surface area contributed by atoms with E-state index in [-0.39, 0.29) is 0 Å². The van der Waals surface area contributed by atoms with Gasteiger partial charge in [0.25, 0.3) is 0 Å². The van der Waals surface area contributed by atoms with Crippen molar-refractivity contribution in [2.75, 3.05) is 12.4 Å². The first kappa shape index (κ1) is 18.0. The van der Waals surface area contributed by atoms with Gasteiger partial charge >= 0.3 is 0 Å². The number of fused-ring (bicyclic) bond motifs is 1. The van der Waals surface area contributed by atoms with Gasteiger partial charge in [0.05, 0.1) is 18.2 Å². The topological polar surface area (TPSA) is 52.0 Å². The molecule has 28 heavy (non-hydrogen) atoms. The van der Waals surface area contributed by atoms with Crippen molar-refractivity contribution in [1.82, 2.24) is 14.5 Å². The molecule has 142 valence electrons. The number of ether oxygens (including phenoxy) is 1. The number of hydrogen-bond donors (Lipinski definition) is 1. The van der Waals surface area contributed by atoms with Crippen molar-refractivity contribution in [3.05, 3.63) is 67.1 Å². The molecule has 5 nitrogen and oxygen atoms in total. The quantitative estimate of drug-likeness (QED) is 0.498. The molecule has 4 rings (SSSR count). The third-order valence-corrected chi connectivity index (χ3v) is 5.01. The Morgan fingerprint density at radius 2 is 1.79 bits per heavy atom. The lowest BCUT2D eigenvalue weighted by Crippen LogP contribution is -2.15. The smallest absolute Gasteiger partial charge is 0.150 e. The number of benzene rings is 2. The lowest BCUT2D eigenvalue weighted by molar-refractivity contribution is 0.413. The van der Waals surface area contributed by atoms with Crippen LogP contribution in [-0.4, -0.2) is 27.7 Å². The minimum Gasteiger partial charge on any atom is -0.495 e. The van der Waals surface area contributed by atoms with Gasteiger partial charge in [-0.3, -0.25) is 4.57 Å². The highest BCUT2D eigenvalue weighted by Crippen LogP contribution is 2.37. The first-order chi connectivity index (χ1) is 13.7. The number of rotatable bonds is 6. The molecule has 2 aromatic carbocycles. The van der Waals surface area contributed by atoms with Crippen LogP contribution in [-0.2, 0) is 0 Å². The Bertz CT molecular complexity index is 1090. The molecule has 0 saturated carbocycles. The molecular formula is C23H24N4O. The Labute approximate surface area is 165 Å². The van der Waals surface area contributed by atoms with Crippen molar-refractivity contribution >= 4 is 16.9 Å². The molecule has 0 aliphatic carbocycles. The SMILES string of the molecule is CC[C@@H](C)Nc1ncnc2c1c(-c1ccccc1)cn2-c1ccccc1OC. The second-order valence-electron chi connectivity index (χ2n) is 6.83. The Morgan fingerprint density at radius 3 is 2.54 bits per heavy atom. The zero-order valence-electron chi connectivity index (χ0n) is 16.4. The number of hydrogen-bond acceptors (Lipinski definition) is 4. The first-order valence-corrected chi connectivity index (χ1v) is 9.54. The van der Waals surface area contributed by atoms with Crippen LogP contribution >= 0.6 is 0 Å². The highest BCUT2D eigenvalue weighted by atomic mass is 16.5. The Hall–Kier alpha value is -3.34. The summed E-state index contributed by atoms with van der Waals surface area (Å²) in [7, 11) is 1.69. The van der Waals surface area contributed by atoms with E-state index in [2.05, 4.69) is 52.0 Å². The van der Waals surface area contributed by atoms with Crippen molar-refractivity contribution in [2.45, 2.75) is 26.3 Å². The molecule has 0 unspecified atom stereocenters. The number of nitrogens with zero attached hydrogens (tertiary/aromatic N) is 3. The minimum absolute atomic E-state index is 0.316. The number of aromatic nitrogens is 3. The Morgan fingerprint density at radius 1 is 1.04 bits per heavy atom. The molecular weight excluding hydrogens is 348 g/mol. The zero-order valence-corrected chi connectivity index (χ0v) is 16.4. The second-order valence-corrected chi connectivity index (χ2v) is 6.83. The lowest BCUT2D eigenvalue weighted by Gasteiger charge is -2.14. The molecule has 0 radical (unpaired) electrons. The van der Waals surface area contributed by atoms with E-state index in [0.29, 0.717) is 6.04 Å². The molecule has 2 heterocycles. The third kappa shape index (κ3) is 3.20. The number of nitrogens with one attached hydrogen (secondary N) is 1. The Kier molecular flexibility index (Phi) is 4.98. The molecule has 0 fully saturated rings. The van der Waals surface area contributed by atoms with Gasteiger partial charge in [0, 0.05) is 17.8 Å². The summed E-state index contributed by atoms with van der Waals surface area (Å²) in [6.45, 7) is 4.32. The van der Waals surface area contributed by atoms with Gasteiger partial charge in [-0.2, -0.15) is 0 Å². The van der Waals surface area contributed by atoms with Gasteiger partial charge in [-0.25, -0.2) is 9.97 Å². The van der Waals surface area contributed by atoms with Crippen LogP contribution in [0.25, 0.3) is 27.8 Å². The Balaban J connectivity index is 2.01. The minimum atomic E-state index is 0.316. The predicted octanol–water partition coefficient (Wildman–Crippen LogP) is 5.31. The summed E-state index contributed by atoms with van der Waals surface area (Å²) in [4.78, 5) is 9.19. The zero-order chi connectivity index (χ0) is 19.5. The van der Waals surface area contributed by atoms with Gasteiger partial charge in [0.1, 0.15) is 17.9 Å². The number of para-hydroxylation sites is 2. The fourth-order valence-corrected chi connectivity index (χ4v) is 3.36. The summed E-state index contributed by atoms with van der Waals surface area (Å²) in [6.07, 6.45) is 4.75. The molecule has 5 heteroatoms. The molecule has 2 aromatic heterocycles. The van der Waals surface area contributed by atoms with Crippen LogP contribution in [0.2, 0.25) is 0 Å². The average Bonchev–Trinajstić information content (AvgIpc) is 3.15. The molecule has 0 aliphatic heterocycles. The van der Waals surface area contributed by atoms with Gasteiger partial charge in [-0.1, -0.05) is 49.4 Å². The van der Waals surface area contributed by atoms with E-state index in [9.17, 15) is 0 Å². The van der Waals surface area contributed by atoms with Gasteiger partial charge in [-0.15, -0.1) is 0 Å². The van der Waals surface area contributed by atoms with Crippen molar-refractivity contribution in [3.63, 3.8) is 0 Å². The van der Waals surface area contributed by atoms with Gasteiger partial charge in [-0.05, 0) is 31.0 Å². The summed E-state index contributed by atoms with van der Waals surface area (Å²) >= 11 is 0. The van der Waals surface area contributed by atoms with Gasteiger partial charge < -0.3 is 10.1 Å². The number of anilines is 1. The van der Waals surface area contributed by atoms with Crippen molar-refractivity contribution in [1.29, 1.82) is 0 Å². The van der Waals surface area contributed by atoms with Crippen LogP contribution in [0.1, 0.15) is 20.3 Å². The maximum atomic E-state index is 5.60. The van der Waals surface area contributed by atoms with Crippen molar-refractivity contribution in [3.8, 4) is 22.6 Å². The van der Waals surface area contributed by atoms with E-state index in [0.717, 1.165) is 45.8 Å². The fraction of sp³-hybridized carbons (Fsp3) is 0.217. The average molecular weight is 372 g/mol. The van der Waals surface area contributed by atoms with E-state index >= 15 is 0 Å². The molecule has 1 atom stereocenters. The summed E-state index contributed by atoms with van der Waals surface area (Å²) in [5.74, 6) is 1.65. The number of methoxy groups -OCH3 is 1. The van der Waals surface area contributed by atoms with Crippen LogP contribution in [0.5, 0.6) is 5.75 Å². The standard InChI is InChI=1S/C23H24N4O/c1-4-16(2)26-22-21-18(17-10-6-5-7-11-17)14-27(23(21)25-15-24-22)19-12-8-9-13-20(19)28-3/h5-16H,4H2,1-3H3,(H,24,25,26)/t16-/m1/s1. The summed E-state index contributed by atoms with van der Waals surface area (Å²) in [5, 5.41) is 4.56. The maximum absolute atomic E-state index is 5.60. The normalized spacial score (nSPS) is 12.1. The molecule has 0 aliphatic rings. The highest BCUT2D eigenvalue weighted by Gasteiger charge is 2.19.